The molecule has 2 aromatic carbocycles. The maximum Gasteiger partial charge on any atom is 0.338 e. The van der Waals surface area contributed by atoms with Crippen LogP contribution in [0.2, 0.25) is 0 Å². The molecule has 26 heavy (non-hydrogen) atoms. The summed E-state index contributed by atoms with van der Waals surface area (Å²) < 4.78 is 50.4. The molecule has 1 N–H and O–H groups in total. The standard InChI is InChI=1S/C18H20FNO5S/c1-12(2)20-26(22,23)15-6-4-5-14(10-15)18(21)25-11-13-7-8-17(24-3)16(19)9-13/h4-10,12,20H,11H2,1-3H3. The van der Waals surface area contributed by atoms with Crippen molar-refractivity contribution in [3.05, 3.63) is 59.4 Å². The van der Waals surface area contributed by atoms with Crippen molar-refractivity contribution < 1.29 is 27.1 Å². The number of nitrogens with one attached hydrogen (secondary N) is 1. The summed E-state index contributed by atoms with van der Waals surface area (Å²) in [4.78, 5) is 12.1. The summed E-state index contributed by atoms with van der Waals surface area (Å²) in [5.41, 5.74) is 0.535. The molecule has 2 rings (SSSR count). The lowest BCUT2D eigenvalue weighted by atomic mass is 10.2. The molecule has 140 valence electrons. The number of hydrogen-bond donors (Lipinski definition) is 1. The molecule has 0 saturated carbocycles. The SMILES string of the molecule is COc1ccc(COC(=O)c2cccc(S(=O)(=O)NC(C)C)c2)cc1F. The second-order valence-electron chi connectivity index (χ2n) is 5.85. The molecule has 0 bridgehead atoms. The Bertz CT molecular complexity index is 896. The Hall–Kier alpha value is -2.45. The largest absolute Gasteiger partial charge is 0.494 e. The van der Waals surface area contributed by atoms with Gasteiger partial charge in [-0.05, 0) is 49.7 Å². The Morgan fingerprint density at radius 3 is 2.54 bits per heavy atom. The summed E-state index contributed by atoms with van der Waals surface area (Å²) in [5.74, 6) is -1.17. The predicted octanol–water partition coefficient (Wildman–Crippen LogP) is 2.88. The predicted molar refractivity (Wildman–Crippen MR) is 94.0 cm³/mol. The second kappa shape index (κ2) is 8.29. The number of carbonyl (C=O) groups is 1. The normalized spacial score (nSPS) is 11.4. The Labute approximate surface area is 152 Å². The molecule has 0 atom stereocenters. The molecule has 0 unspecified atom stereocenters. The van der Waals surface area contributed by atoms with Gasteiger partial charge in [-0.15, -0.1) is 0 Å². The van der Waals surface area contributed by atoms with Crippen LogP contribution < -0.4 is 9.46 Å². The zero-order chi connectivity index (χ0) is 19.3. The van der Waals surface area contributed by atoms with Gasteiger partial charge in [-0.2, -0.15) is 0 Å². The zero-order valence-corrected chi connectivity index (χ0v) is 15.5. The Balaban J connectivity index is 2.11. The van der Waals surface area contributed by atoms with Crippen LogP contribution in [0.5, 0.6) is 5.75 Å². The molecule has 8 heteroatoms. The van der Waals surface area contributed by atoms with Crippen LogP contribution in [0.25, 0.3) is 0 Å². The first-order valence-electron chi connectivity index (χ1n) is 7.85. The van der Waals surface area contributed by atoms with E-state index in [1.54, 1.807) is 19.9 Å². The van der Waals surface area contributed by atoms with Crippen molar-refractivity contribution in [2.45, 2.75) is 31.4 Å². The molecular weight excluding hydrogens is 361 g/mol. The average molecular weight is 381 g/mol. The summed E-state index contributed by atoms with van der Waals surface area (Å²) in [6.07, 6.45) is 0. The van der Waals surface area contributed by atoms with Crippen LogP contribution in [0.4, 0.5) is 4.39 Å². The molecule has 0 saturated heterocycles. The number of halogens is 1. The molecule has 0 aromatic heterocycles. The second-order valence-corrected chi connectivity index (χ2v) is 7.56. The summed E-state index contributed by atoms with van der Waals surface area (Å²) >= 11 is 0. The van der Waals surface area contributed by atoms with Crippen LogP contribution in [0.15, 0.2) is 47.4 Å². The number of ether oxygens (including phenoxy) is 2. The summed E-state index contributed by atoms with van der Waals surface area (Å²) in [6.45, 7) is 3.24. The fraction of sp³-hybridized carbons (Fsp3) is 0.278. The molecular formula is C18H20FNO5S. The van der Waals surface area contributed by atoms with E-state index in [1.165, 1.54) is 43.5 Å². The van der Waals surface area contributed by atoms with Gasteiger partial charge in [0.05, 0.1) is 17.6 Å². The van der Waals surface area contributed by atoms with Gasteiger partial charge in [0.25, 0.3) is 0 Å². The van der Waals surface area contributed by atoms with Gasteiger partial charge in [-0.25, -0.2) is 22.3 Å². The molecule has 0 spiro atoms. The lowest BCUT2D eigenvalue weighted by molar-refractivity contribution is 0.0472. The maximum atomic E-state index is 13.6. The molecule has 0 aliphatic rings. The van der Waals surface area contributed by atoms with Crippen molar-refractivity contribution in [2.75, 3.05) is 7.11 Å². The van der Waals surface area contributed by atoms with Gasteiger partial charge >= 0.3 is 5.97 Å². The van der Waals surface area contributed by atoms with Gasteiger partial charge in [-0.1, -0.05) is 12.1 Å². The smallest absolute Gasteiger partial charge is 0.338 e. The van der Waals surface area contributed by atoms with Gasteiger partial charge in [0, 0.05) is 6.04 Å². The van der Waals surface area contributed by atoms with Crippen LogP contribution in [0.1, 0.15) is 29.8 Å². The Kier molecular flexibility index (Phi) is 6.33. The summed E-state index contributed by atoms with van der Waals surface area (Å²) in [7, 11) is -2.36. The van der Waals surface area contributed by atoms with Gasteiger partial charge in [0.15, 0.2) is 11.6 Å². The lowest BCUT2D eigenvalue weighted by Crippen LogP contribution is -2.30. The lowest BCUT2D eigenvalue weighted by Gasteiger charge is -2.11. The summed E-state index contributed by atoms with van der Waals surface area (Å²) in [6, 6.07) is 9.47. The Morgan fingerprint density at radius 1 is 1.19 bits per heavy atom. The van der Waals surface area contributed by atoms with Crippen LogP contribution in [0, 0.1) is 5.82 Å². The van der Waals surface area contributed by atoms with Crippen molar-refractivity contribution in [3.8, 4) is 5.75 Å². The number of carbonyl (C=O) groups excluding carboxylic acids is 1. The van der Waals surface area contributed by atoms with Crippen molar-refractivity contribution in [3.63, 3.8) is 0 Å². The molecule has 0 radical (unpaired) electrons. The number of hydrogen-bond acceptors (Lipinski definition) is 5. The quantitative estimate of drug-likeness (QED) is 0.746. The fourth-order valence-corrected chi connectivity index (χ4v) is 3.50. The molecule has 0 aliphatic carbocycles. The monoisotopic (exact) mass is 381 g/mol. The van der Waals surface area contributed by atoms with E-state index in [9.17, 15) is 17.6 Å². The van der Waals surface area contributed by atoms with E-state index in [2.05, 4.69) is 4.72 Å². The van der Waals surface area contributed by atoms with Gasteiger partial charge < -0.3 is 9.47 Å². The van der Waals surface area contributed by atoms with Crippen molar-refractivity contribution in [1.29, 1.82) is 0 Å². The van der Waals surface area contributed by atoms with E-state index >= 15 is 0 Å². The number of benzene rings is 2. The van der Waals surface area contributed by atoms with Crippen molar-refractivity contribution >= 4 is 16.0 Å². The van der Waals surface area contributed by atoms with E-state index < -0.39 is 21.8 Å². The highest BCUT2D eigenvalue weighted by molar-refractivity contribution is 7.89. The van der Waals surface area contributed by atoms with E-state index in [1.807, 2.05) is 0 Å². The van der Waals surface area contributed by atoms with Crippen LogP contribution in [0.3, 0.4) is 0 Å². The van der Waals surface area contributed by atoms with Crippen LogP contribution in [-0.2, 0) is 21.4 Å². The van der Waals surface area contributed by atoms with E-state index in [-0.39, 0.29) is 28.9 Å². The minimum atomic E-state index is -3.72. The highest BCUT2D eigenvalue weighted by Crippen LogP contribution is 2.19. The number of sulfonamides is 1. The van der Waals surface area contributed by atoms with Gasteiger partial charge in [0.1, 0.15) is 6.61 Å². The zero-order valence-electron chi connectivity index (χ0n) is 14.7. The molecule has 0 heterocycles. The highest BCUT2D eigenvalue weighted by atomic mass is 32.2. The van der Waals surface area contributed by atoms with E-state index in [0.717, 1.165) is 0 Å². The molecule has 0 amide bonds. The first kappa shape index (κ1) is 19.9. The third-order valence-electron chi connectivity index (χ3n) is 3.36. The number of rotatable bonds is 7. The first-order valence-corrected chi connectivity index (χ1v) is 9.33. The molecule has 2 aromatic rings. The topological polar surface area (TPSA) is 81.7 Å². The Morgan fingerprint density at radius 2 is 1.92 bits per heavy atom. The van der Waals surface area contributed by atoms with E-state index in [4.69, 9.17) is 9.47 Å². The van der Waals surface area contributed by atoms with Gasteiger partial charge in [-0.3, -0.25) is 0 Å². The first-order chi connectivity index (χ1) is 12.2. The third-order valence-corrected chi connectivity index (χ3v) is 5.01. The number of methoxy groups -OCH3 is 1. The van der Waals surface area contributed by atoms with Crippen molar-refractivity contribution in [2.24, 2.45) is 0 Å². The molecule has 0 fully saturated rings. The molecule has 0 aliphatic heterocycles. The highest BCUT2D eigenvalue weighted by Gasteiger charge is 2.18. The van der Waals surface area contributed by atoms with Crippen LogP contribution >= 0.6 is 0 Å². The maximum absolute atomic E-state index is 13.6. The summed E-state index contributed by atoms with van der Waals surface area (Å²) in [5, 5.41) is 0. The fourth-order valence-electron chi connectivity index (χ4n) is 2.20. The number of esters is 1. The van der Waals surface area contributed by atoms with Crippen molar-refractivity contribution in [1.82, 2.24) is 4.72 Å². The van der Waals surface area contributed by atoms with Crippen LogP contribution in [-0.4, -0.2) is 27.5 Å². The van der Waals surface area contributed by atoms with E-state index in [0.29, 0.717) is 5.56 Å². The minimum absolute atomic E-state index is 0.0314. The third kappa shape index (κ3) is 5.03. The van der Waals surface area contributed by atoms with Gasteiger partial charge in [0.2, 0.25) is 10.0 Å². The minimum Gasteiger partial charge on any atom is -0.494 e. The molecule has 6 nitrogen and oxygen atoms in total. The average Bonchev–Trinajstić information content (AvgIpc) is 2.59.